The third-order valence-electron chi connectivity index (χ3n) is 4.22. The Morgan fingerprint density at radius 1 is 1.11 bits per heavy atom. The summed E-state index contributed by atoms with van der Waals surface area (Å²) in [6.45, 7) is 0.848. The van der Waals surface area contributed by atoms with Gasteiger partial charge in [-0.1, -0.05) is 11.8 Å². The number of fused-ring (bicyclic) bond motifs is 2. The molecule has 1 N–H and O–H groups in total. The lowest BCUT2D eigenvalue weighted by atomic mass is 10.2. The maximum Gasteiger partial charge on any atom is 0.266 e. The van der Waals surface area contributed by atoms with Crippen molar-refractivity contribution in [3.05, 3.63) is 51.3 Å². The zero-order chi connectivity index (χ0) is 19.0. The molecule has 0 bridgehead atoms. The maximum absolute atomic E-state index is 12.9. The van der Waals surface area contributed by atoms with Crippen LogP contribution in [0.5, 0.6) is 0 Å². The van der Waals surface area contributed by atoms with Crippen molar-refractivity contribution in [2.75, 3.05) is 20.0 Å². The van der Waals surface area contributed by atoms with E-state index in [-0.39, 0.29) is 11.1 Å². The van der Waals surface area contributed by atoms with Gasteiger partial charge in [0.1, 0.15) is 0 Å². The highest BCUT2D eigenvalue weighted by atomic mass is 32.2. The maximum atomic E-state index is 12.9. The molecule has 0 atom stereocenters. The third kappa shape index (κ3) is 3.02. The summed E-state index contributed by atoms with van der Waals surface area (Å²) in [6.07, 6.45) is 5.12. The van der Waals surface area contributed by atoms with Crippen LogP contribution in [0.15, 0.2) is 45.3 Å². The minimum Gasteiger partial charge on any atom is -0.383 e. The third-order valence-corrected chi connectivity index (χ3v) is 4.76. The lowest BCUT2D eigenvalue weighted by Gasteiger charge is -2.08. The molecule has 10 heteroatoms. The summed E-state index contributed by atoms with van der Waals surface area (Å²) in [6, 6.07) is 5.07. The molecule has 4 aromatic heterocycles. The molecule has 0 saturated heterocycles. The summed E-state index contributed by atoms with van der Waals surface area (Å²) >= 11 is 1.37. The summed E-state index contributed by atoms with van der Waals surface area (Å²) in [7, 11) is 1.58. The molecule has 27 heavy (non-hydrogen) atoms. The molecule has 0 fully saturated rings. The van der Waals surface area contributed by atoms with Gasteiger partial charge in [0.15, 0.2) is 0 Å². The van der Waals surface area contributed by atoms with Crippen LogP contribution in [0, 0.1) is 0 Å². The number of nitrogens with zero attached hydrogens (tertiary/aromatic N) is 5. The van der Waals surface area contributed by atoms with E-state index in [1.54, 1.807) is 42.3 Å². The van der Waals surface area contributed by atoms with Crippen molar-refractivity contribution < 1.29 is 4.74 Å². The van der Waals surface area contributed by atoms with Crippen LogP contribution < -0.4 is 11.1 Å². The molecule has 0 amide bonds. The zero-order valence-corrected chi connectivity index (χ0v) is 15.5. The highest BCUT2D eigenvalue weighted by Crippen LogP contribution is 2.15. The second-order valence-electron chi connectivity index (χ2n) is 5.80. The van der Waals surface area contributed by atoms with Crippen molar-refractivity contribution in [1.29, 1.82) is 0 Å². The van der Waals surface area contributed by atoms with Crippen molar-refractivity contribution in [2.45, 2.75) is 11.7 Å². The predicted octanol–water partition coefficient (Wildman–Crippen LogP) is 1.19. The average Bonchev–Trinajstić information content (AvgIpc) is 3.16. The Kier molecular flexibility index (Phi) is 4.50. The molecule has 0 saturated carbocycles. The van der Waals surface area contributed by atoms with E-state index in [2.05, 4.69) is 20.2 Å². The molecule has 0 spiro atoms. The molecule has 4 aromatic rings. The second kappa shape index (κ2) is 6.97. The van der Waals surface area contributed by atoms with E-state index in [9.17, 15) is 9.59 Å². The lowest BCUT2D eigenvalue weighted by molar-refractivity contribution is 0.186. The van der Waals surface area contributed by atoms with Crippen molar-refractivity contribution in [1.82, 2.24) is 29.3 Å². The minimum absolute atomic E-state index is 0.210. The molecule has 0 unspecified atom stereocenters. The van der Waals surface area contributed by atoms with Crippen molar-refractivity contribution in [3.63, 3.8) is 0 Å². The average molecular weight is 384 g/mol. The van der Waals surface area contributed by atoms with E-state index in [1.165, 1.54) is 16.3 Å². The van der Waals surface area contributed by atoms with Crippen LogP contribution in [-0.2, 0) is 11.3 Å². The quantitative estimate of drug-likeness (QED) is 0.407. The summed E-state index contributed by atoms with van der Waals surface area (Å²) in [5, 5.41) is 8.03. The van der Waals surface area contributed by atoms with Crippen LogP contribution in [0.3, 0.4) is 0 Å². The van der Waals surface area contributed by atoms with E-state index in [1.807, 2.05) is 6.26 Å². The molecule has 4 rings (SSSR count). The van der Waals surface area contributed by atoms with Crippen LogP contribution >= 0.6 is 11.8 Å². The van der Waals surface area contributed by atoms with Crippen LogP contribution in [0.25, 0.3) is 27.8 Å². The SMILES string of the molecule is COCCn1ccc2nc3ccn(-c4nc(SC)n[nH]4)c(=O)c3cc2c1=O. The van der Waals surface area contributed by atoms with Gasteiger partial charge < -0.3 is 9.30 Å². The number of aromatic amines is 1. The number of nitrogens with one attached hydrogen (secondary N) is 1. The van der Waals surface area contributed by atoms with Gasteiger partial charge in [-0.2, -0.15) is 4.98 Å². The first-order valence-corrected chi connectivity index (χ1v) is 9.36. The fourth-order valence-electron chi connectivity index (χ4n) is 2.83. The first-order chi connectivity index (χ1) is 13.1. The van der Waals surface area contributed by atoms with Gasteiger partial charge in [-0.15, -0.1) is 5.10 Å². The Labute approximate surface area is 157 Å². The number of aromatic nitrogens is 6. The van der Waals surface area contributed by atoms with Gasteiger partial charge in [-0.05, 0) is 24.5 Å². The summed E-state index contributed by atoms with van der Waals surface area (Å²) in [4.78, 5) is 34.4. The summed E-state index contributed by atoms with van der Waals surface area (Å²) < 4.78 is 7.93. The number of hydrogen-bond donors (Lipinski definition) is 1. The van der Waals surface area contributed by atoms with Gasteiger partial charge in [-0.3, -0.25) is 14.2 Å². The van der Waals surface area contributed by atoms with Gasteiger partial charge in [0.2, 0.25) is 11.1 Å². The molecule has 4 heterocycles. The van der Waals surface area contributed by atoms with E-state index >= 15 is 0 Å². The largest absolute Gasteiger partial charge is 0.383 e. The van der Waals surface area contributed by atoms with Crippen molar-refractivity contribution in [2.24, 2.45) is 0 Å². The fraction of sp³-hybridized carbons (Fsp3) is 0.235. The van der Waals surface area contributed by atoms with Crippen LogP contribution in [0.1, 0.15) is 0 Å². The molecule has 0 aliphatic rings. The Hall–Kier alpha value is -2.98. The van der Waals surface area contributed by atoms with Crippen LogP contribution in [-0.4, -0.2) is 49.3 Å². The van der Waals surface area contributed by atoms with E-state index < -0.39 is 0 Å². The summed E-state index contributed by atoms with van der Waals surface area (Å²) in [5.74, 6) is 0.317. The van der Waals surface area contributed by atoms with Crippen LogP contribution in [0.2, 0.25) is 0 Å². The summed E-state index contributed by atoms with van der Waals surface area (Å²) in [5.41, 5.74) is 0.528. The molecule has 0 radical (unpaired) electrons. The first kappa shape index (κ1) is 17.4. The second-order valence-corrected chi connectivity index (χ2v) is 6.57. The number of thioether (sulfide) groups is 1. The van der Waals surface area contributed by atoms with Gasteiger partial charge in [0, 0.05) is 26.0 Å². The Balaban J connectivity index is 1.92. The molecular formula is C17H16N6O3S. The van der Waals surface area contributed by atoms with Gasteiger partial charge in [0.05, 0.1) is 28.4 Å². The molecule has 0 aromatic carbocycles. The normalized spacial score (nSPS) is 11.5. The Bertz CT molecular complexity index is 1260. The smallest absolute Gasteiger partial charge is 0.266 e. The van der Waals surface area contributed by atoms with Crippen LogP contribution in [0.4, 0.5) is 0 Å². The number of rotatable bonds is 5. The van der Waals surface area contributed by atoms with E-state index in [0.29, 0.717) is 46.1 Å². The predicted molar refractivity (Wildman–Crippen MR) is 103 cm³/mol. The fourth-order valence-corrected chi connectivity index (χ4v) is 3.15. The highest BCUT2D eigenvalue weighted by molar-refractivity contribution is 7.98. The zero-order valence-electron chi connectivity index (χ0n) is 14.7. The first-order valence-electron chi connectivity index (χ1n) is 8.13. The lowest BCUT2D eigenvalue weighted by Crippen LogP contribution is -2.23. The molecule has 0 aliphatic carbocycles. The molecule has 138 valence electrons. The number of H-pyrrole nitrogens is 1. The molecule has 0 aliphatic heterocycles. The number of hydrogen-bond acceptors (Lipinski definition) is 7. The van der Waals surface area contributed by atoms with E-state index in [4.69, 9.17) is 4.74 Å². The minimum atomic E-state index is -0.322. The molecular weight excluding hydrogens is 368 g/mol. The number of ether oxygens (including phenoxy) is 1. The standard InChI is InChI=1S/C17H16N6O3S/c1-26-8-7-22-5-3-12-10(14(22)24)9-11-13(18-12)4-6-23(15(11)25)16-19-17(27-2)21-20-16/h3-6,9H,7-8H2,1-2H3,(H,19,20,21). The van der Waals surface area contributed by atoms with Gasteiger partial charge >= 0.3 is 0 Å². The number of methoxy groups -OCH3 is 1. The number of pyridine rings is 3. The Morgan fingerprint density at radius 3 is 2.56 bits per heavy atom. The van der Waals surface area contributed by atoms with Crippen molar-refractivity contribution in [3.8, 4) is 5.95 Å². The van der Waals surface area contributed by atoms with Gasteiger partial charge in [0.25, 0.3) is 11.1 Å². The molecule has 9 nitrogen and oxygen atoms in total. The van der Waals surface area contributed by atoms with Crippen molar-refractivity contribution >= 4 is 33.6 Å². The topological polar surface area (TPSA) is 108 Å². The monoisotopic (exact) mass is 384 g/mol. The van der Waals surface area contributed by atoms with E-state index in [0.717, 1.165) is 0 Å². The Morgan fingerprint density at radius 2 is 1.85 bits per heavy atom. The highest BCUT2D eigenvalue weighted by Gasteiger charge is 2.12. The van der Waals surface area contributed by atoms with Gasteiger partial charge in [-0.25, -0.2) is 10.1 Å².